The predicted molar refractivity (Wildman–Crippen MR) is 139 cm³/mol. The molecule has 4 rings (SSSR count). The number of halogens is 1. The van der Waals surface area contributed by atoms with Crippen LogP contribution in [-0.4, -0.2) is 36.0 Å². The number of carbonyl (C=O) groups is 1. The highest BCUT2D eigenvalue weighted by Crippen LogP contribution is 2.22. The number of amides is 1. The van der Waals surface area contributed by atoms with Crippen LogP contribution in [0.2, 0.25) is 5.02 Å². The summed E-state index contributed by atoms with van der Waals surface area (Å²) >= 11 is 6.14. The lowest BCUT2D eigenvalue weighted by molar-refractivity contribution is -0.121. The van der Waals surface area contributed by atoms with E-state index in [9.17, 15) is 13.2 Å². The zero-order valence-corrected chi connectivity index (χ0v) is 21.3. The van der Waals surface area contributed by atoms with Gasteiger partial charge >= 0.3 is 0 Å². The summed E-state index contributed by atoms with van der Waals surface area (Å²) in [5.41, 5.74) is 6.04. The Morgan fingerprint density at radius 2 is 1.86 bits per heavy atom. The summed E-state index contributed by atoms with van der Waals surface area (Å²) in [6.07, 6.45) is 2.98. The van der Waals surface area contributed by atoms with Crippen LogP contribution < -0.4 is 5.43 Å². The number of nitrogens with one attached hydrogen (secondary N) is 1. The van der Waals surface area contributed by atoms with Crippen molar-refractivity contribution in [1.29, 1.82) is 0 Å². The Morgan fingerprint density at radius 1 is 1.08 bits per heavy atom. The molecule has 0 radical (unpaired) electrons. The van der Waals surface area contributed by atoms with Gasteiger partial charge in [-0.05, 0) is 62.4 Å². The first kappa shape index (κ1) is 25.4. The first-order chi connectivity index (χ1) is 17.3. The molecule has 0 fully saturated rings. The van der Waals surface area contributed by atoms with Crippen molar-refractivity contribution >= 4 is 33.7 Å². The quantitative estimate of drug-likeness (QED) is 0.254. The summed E-state index contributed by atoms with van der Waals surface area (Å²) in [5, 5.41) is 4.70. The SMILES string of the molecule is Cc1cc(/C=N/NC(=O)CN(Cc2ccco2)S(=O)(=O)c2ccccc2)c(C)n1-c1cccc(Cl)c1. The summed E-state index contributed by atoms with van der Waals surface area (Å²) in [6.45, 7) is 3.37. The molecule has 1 N–H and O–H groups in total. The Bertz CT molecular complexity index is 1480. The van der Waals surface area contributed by atoms with Crippen LogP contribution in [0.5, 0.6) is 0 Å². The minimum absolute atomic E-state index is 0.0845. The van der Waals surface area contributed by atoms with Crippen LogP contribution in [0.15, 0.2) is 93.5 Å². The van der Waals surface area contributed by atoms with Gasteiger partial charge in [0.15, 0.2) is 0 Å². The molecule has 0 bridgehead atoms. The second-order valence-corrected chi connectivity index (χ2v) is 10.5. The molecule has 186 valence electrons. The number of aromatic nitrogens is 1. The third kappa shape index (κ3) is 5.76. The molecule has 0 aliphatic rings. The van der Waals surface area contributed by atoms with E-state index in [1.54, 1.807) is 30.3 Å². The van der Waals surface area contributed by atoms with E-state index < -0.39 is 22.5 Å². The average molecular weight is 525 g/mol. The van der Waals surface area contributed by atoms with E-state index in [0.29, 0.717) is 10.8 Å². The second-order valence-electron chi connectivity index (χ2n) is 8.10. The fraction of sp³-hybridized carbons (Fsp3) is 0.154. The van der Waals surface area contributed by atoms with Crippen molar-refractivity contribution in [2.75, 3.05) is 6.54 Å². The van der Waals surface area contributed by atoms with Crippen molar-refractivity contribution in [3.63, 3.8) is 0 Å². The lowest BCUT2D eigenvalue weighted by atomic mass is 10.2. The van der Waals surface area contributed by atoms with Gasteiger partial charge in [-0.3, -0.25) is 4.79 Å². The topological polar surface area (TPSA) is 96.9 Å². The molecule has 1 amide bonds. The Kier molecular flexibility index (Phi) is 7.73. The van der Waals surface area contributed by atoms with Crippen LogP contribution in [-0.2, 0) is 21.4 Å². The molecule has 0 saturated carbocycles. The molecule has 0 saturated heterocycles. The monoisotopic (exact) mass is 524 g/mol. The Morgan fingerprint density at radius 3 is 2.56 bits per heavy atom. The van der Waals surface area contributed by atoms with E-state index in [4.69, 9.17) is 16.0 Å². The maximum absolute atomic E-state index is 13.2. The van der Waals surface area contributed by atoms with Gasteiger partial charge in [-0.15, -0.1) is 0 Å². The minimum atomic E-state index is -3.95. The fourth-order valence-corrected chi connectivity index (χ4v) is 5.41. The fourth-order valence-electron chi connectivity index (χ4n) is 3.84. The molecule has 0 spiro atoms. The molecule has 8 nitrogen and oxygen atoms in total. The first-order valence-electron chi connectivity index (χ1n) is 11.1. The Labute approximate surface area is 214 Å². The molecule has 2 aromatic heterocycles. The number of benzene rings is 2. The molecule has 2 aromatic carbocycles. The van der Waals surface area contributed by atoms with Gasteiger partial charge < -0.3 is 8.98 Å². The minimum Gasteiger partial charge on any atom is -0.468 e. The van der Waals surface area contributed by atoms with Crippen LogP contribution in [0, 0.1) is 13.8 Å². The Hall–Kier alpha value is -3.66. The van der Waals surface area contributed by atoms with E-state index in [0.717, 1.165) is 26.9 Å². The van der Waals surface area contributed by atoms with Crippen LogP contribution >= 0.6 is 11.6 Å². The zero-order valence-electron chi connectivity index (χ0n) is 19.8. The summed E-state index contributed by atoms with van der Waals surface area (Å²) in [5.74, 6) is -0.166. The van der Waals surface area contributed by atoms with E-state index in [1.165, 1.54) is 24.6 Å². The van der Waals surface area contributed by atoms with Crippen LogP contribution in [0.4, 0.5) is 0 Å². The highest BCUT2D eigenvalue weighted by atomic mass is 35.5. The van der Waals surface area contributed by atoms with Crippen LogP contribution in [0.1, 0.15) is 22.7 Å². The molecule has 2 heterocycles. The lowest BCUT2D eigenvalue weighted by Gasteiger charge is -2.20. The Balaban J connectivity index is 1.49. The van der Waals surface area contributed by atoms with Crippen molar-refractivity contribution in [2.24, 2.45) is 5.10 Å². The molecule has 0 aliphatic carbocycles. The molecule has 0 atom stereocenters. The number of hydrogen-bond donors (Lipinski definition) is 1. The van der Waals surface area contributed by atoms with Gasteiger partial charge in [0.05, 0.1) is 30.5 Å². The van der Waals surface area contributed by atoms with E-state index in [1.807, 2.05) is 48.7 Å². The smallest absolute Gasteiger partial charge is 0.255 e. The number of rotatable bonds is 9. The van der Waals surface area contributed by atoms with E-state index in [2.05, 4.69) is 10.5 Å². The van der Waals surface area contributed by atoms with Gasteiger partial charge in [-0.1, -0.05) is 35.9 Å². The second kappa shape index (κ2) is 10.9. The normalized spacial score (nSPS) is 11.9. The van der Waals surface area contributed by atoms with Gasteiger partial charge in [-0.25, -0.2) is 13.8 Å². The van der Waals surface area contributed by atoms with Gasteiger partial charge in [-0.2, -0.15) is 9.41 Å². The highest BCUT2D eigenvalue weighted by Gasteiger charge is 2.27. The number of sulfonamides is 1. The predicted octanol–water partition coefficient (Wildman–Crippen LogP) is 4.68. The van der Waals surface area contributed by atoms with Gasteiger partial charge in [0.2, 0.25) is 10.0 Å². The number of aryl methyl sites for hydroxylation is 1. The van der Waals surface area contributed by atoms with Crippen molar-refractivity contribution in [3.8, 4) is 5.69 Å². The molecule has 10 heteroatoms. The van der Waals surface area contributed by atoms with Gasteiger partial charge in [0.1, 0.15) is 5.76 Å². The molecule has 4 aromatic rings. The number of hydrazone groups is 1. The third-order valence-corrected chi connectivity index (χ3v) is 7.58. The largest absolute Gasteiger partial charge is 0.468 e. The summed E-state index contributed by atoms with van der Waals surface area (Å²) < 4.78 is 34.8. The molecule has 36 heavy (non-hydrogen) atoms. The van der Waals surface area contributed by atoms with Crippen LogP contribution in [0.3, 0.4) is 0 Å². The summed E-state index contributed by atoms with van der Waals surface area (Å²) in [4.78, 5) is 12.8. The zero-order chi connectivity index (χ0) is 25.7. The standard InChI is InChI=1S/C26H25ClN4O4S/c1-19-14-21(20(2)31(19)23-9-6-8-22(27)15-23)16-28-29-26(32)18-30(17-24-10-7-13-35-24)36(33,34)25-11-4-3-5-12-25/h3-16H,17-18H2,1-2H3,(H,29,32)/b28-16+. The van der Waals surface area contributed by atoms with E-state index in [-0.39, 0.29) is 11.4 Å². The summed E-state index contributed by atoms with van der Waals surface area (Å²) in [6, 6.07) is 20.7. The highest BCUT2D eigenvalue weighted by molar-refractivity contribution is 7.89. The van der Waals surface area contributed by atoms with Crippen molar-refractivity contribution in [2.45, 2.75) is 25.3 Å². The van der Waals surface area contributed by atoms with Crippen molar-refractivity contribution in [3.05, 3.63) is 107 Å². The first-order valence-corrected chi connectivity index (χ1v) is 12.9. The average Bonchev–Trinajstić information content (AvgIpc) is 3.46. The third-order valence-electron chi connectivity index (χ3n) is 5.54. The number of furan rings is 1. The molecular weight excluding hydrogens is 500 g/mol. The molecule has 0 aliphatic heterocycles. The van der Waals surface area contributed by atoms with E-state index >= 15 is 0 Å². The van der Waals surface area contributed by atoms with Crippen molar-refractivity contribution in [1.82, 2.24) is 14.3 Å². The number of carbonyl (C=O) groups excluding carboxylic acids is 1. The maximum Gasteiger partial charge on any atom is 0.255 e. The summed E-state index contributed by atoms with van der Waals surface area (Å²) in [7, 11) is -3.95. The van der Waals surface area contributed by atoms with Crippen molar-refractivity contribution < 1.29 is 17.6 Å². The maximum atomic E-state index is 13.2. The van der Waals surface area contributed by atoms with Crippen LogP contribution in [0.25, 0.3) is 5.69 Å². The molecule has 0 unspecified atom stereocenters. The number of hydrogen-bond acceptors (Lipinski definition) is 5. The lowest BCUT2D eigenvalue weighted by Crippen LogP contribution is -2.39. The number of nitrogens with zero attached hydrogens (tertiary/aromatic N) is 3. The van der Waals surface area contributed by atoms with Gasteiger partial charge in [0.25, 0.3) is 5.91 Å². The molecular formula is C26H25ClN4O4S. The van der Waals surface area contributed by atoms with Gasteiger partial charge in [0, 0.05) is 27.7 Å².